The van der Waals surface area contributed by atoms with Crippen molar-refractivity contribution in [1.29, 1.82) is 0 Å². The Bertz CT molecular complexity index is 806. The van der Waals surface area contributed by atoms with Crippen molar-refractivity contribution in [2.45, 2.75) is 6.92 Å². The number of rotatable bonds is 5. The van der Waals surface area contributed by atoms with E-state index < -0.39 is 16.9 Å². The predicted octanol–water partition coefficient (Wildman–Crippen LogP) is 3.04. The van der Waals surface area contributed by atoms with Gasteiger partial charge in [-0.2, -0.15) is 0 Å². The van der Waals surface area contributed by atoms with Crippen LogP contribution in [-0.4, -0.2) is 22.0 Å². The number of carbonyl (C=O) groups is 2. The van der Waals surface area contributed by atoms with Crippen LogP contribution in [0.3, 0.4) is 0 Å². The SMILES string of the molecule is CC(=O)Oc1ccc(C(=CC(=O)O)c2ccc([N+](=O)[O-])cc2)cc1. The lowest BCUT2D eigenvalue weighted by atomic mass is 9.97. The average molecular weight is 327 g/mol. The number of nitrogens with zero attached hydrogens (tertiary/aromatic N) is 1. The molecule has 122 valence electrons. The highest BCUT2D eigenvalue weighted by Gasteiger charge is 2.11. The second-order valence-corrected chi connectivity index (χ2v) is 4.82. The molecule has 0 atom stereocenters. The molecule has 0 spiro atoms. The monoisotopic (exact) mass is 327 g/mol. The number of esters is 1. The molecular weight excluding hydrogens is 314 g/mol. The molecule has 0 aliphatic carbocycles. The third-order valence-corrected chi connectivity index (χ3v) is 3.08. The zero-order valence-corrected chi connectivity index (χ0v) is 12.6. The third kappa shape index (κ3) is 4.26. The number of carbonyl (C=O) groups excluding carboxylic acids is 1. The minimum absolute atomic E-state index is 0.0846. The van der Waals surface area contributed by atoms with Crippen LogP contribution in [0.25, 0.3) is 5.57 Å². The lowest BCUT2D eigenvalue weighted by molar-refractivity contribution is -0.384. The maximum atomic E-state index is 11.1. The Morgan fingerprint density at radius 3 is 1.96 bits per heavy atom. The van der Waals surface area contributed by atoms with Crippen molar-refractivity contribution in [1.82, 2.24) is 0 Å². The van der Waals surface area contributed by atoms with Crippen molar-refractivity contribution < 1.29 is 24.4 Å². The fourth-order valence-corrected chi connectivity index (χ4v) is 2.09. The van der Waals surface area contributed by atoms with Gasteiger partial charge in [0.1, 0.15) is 5.75 Å². The van der Waals surface area contributed by atoms with E-state index in [0.29, 0.717) is 22.4 Å². The molecule has 0 aliphatic heterocycles. The van der Waals surface area contributed by atoms with Gasteiger partial charge in [0.2, 0.25) is 0 Å². The molecule has 0 fully saturated rings. The molecular formula is C17H13NO6. The number of hydrogen-bond donors (Lipinski definition) is 1. The average Bonchev–Trinajstić information content (AvgIpc) is 2.53. The predicted molar refractivity (Wildman–Crippen MR) is 85.6 cm³/mol. The van der Waals surface area contributed by atoms with Crippen LogP contribution in [0.5, 0.6) is 5.75 Å². The van der Waals surface area contributed by atoms with Crippen LogP contribution in [0.2, 0.25) is 0 Å². The van der Waals surface area contributed by atoms with Crippen molar-refractivity contribution in [3.63, 3.8) is 0 Å². The molecule has 2 aromatic rings. The summed E-state index contributed by atoms with van der Waals surface area (Å²) in [5.74, 6) is -1.27. The summed E-state index contributed by atoms with van der Waals surface area (Å²) in [6, 6.07) is 11.9. The molecule has 0 heterocycles. The number of nitro benzene ring substituents is 1. The molecule has 0 saturated carbocycles. The summed E-state index contributed by atoms with van der Waals surface area (Å²) in [4.78, 5) is 32.2. The standard InChI is InChI=1S/C17H13NO6/c1-11(19)24-15-8-4-13(5-9-15)16(10-17(20)21)12-2-6-14(7-3-12)18(22)23/h2-10H,1H3,(H,20,21). The molecule has 0 bridgehead atoms. The Morgan fingerprint density at radius 1 is 1.04 bits per heavy atom. The molecule has 24 heavy (non-hydrogen) atoms. The third-order valence-electron chi connectivity index (χ3n) is 3.08. The molecule has 0 aromatic heterocycles. The van der Waals surface area contributed by atoms with Crippen LogP contribution >= 0.6 is 0 Å². The summed E-state index contributed by atoms with van der Waals surface area (Å²) in [7, 11) is 0. The van der Waals surface area contributed by atoms with Gasteiger partial charge < -0.3 is 9.84 Å². The Kier molecular flexibility index (Phi) is 5.06. The Morgan fingerprint density at radius 2 is 1.54 bits per heavy atom. The number of non-ortho nitro benzene ring substituents is 1. The fourth-order valence-electron chi connectivity index (χ4n) is 2.09. The molecule has 0 radical (unpaired) electrons. The molecule has 2 rings (SSSR count). The molecule has 0 amide bonds. The van der Waals surface area contributed by atoms with E-state index in [9.17, 15) is 19.7 Å². The van der Waals surface area contributed by atoms with Gasteiger partial charge in [0.05, 0.1) is 4.92 Å². The maximum absolute atomic E-state index is 11.1. The summed E-state index contributed by atoms with van der Waals surface area (Å²) < 4.78 is 4.93. The van der Waals surface area contributed by atoms with E-state index in [0.717, 1.165) is 6.08 Å². The van der Waals surface area contributed by atoms with Gasteiger partial charge in [-0.1, -0.05) is 12.1 Å². The van der Waals surface area contributed by atoms with E-state index in [-0.39, 0.29) is 5.69 Å². The van der Waals surface area contributed by atoms with Crippen molar-refractivity contribution >= 4 is 23.2 Å². The Balaban J connectivity index is 2.40. The summed E-state index contributed by atoms with van der Waals surface area (Å²) in [5.41, 5.74) is 1.38. The second-order valence-electron chi connectivity index (χ2n) is 4.82. The zero-order chi connectivity index (χ0) is 17.7. The maximum Gasteiger partial charge on any atom is 0.328 e. The van der Waals surface area contributed by atoms with E-state index in [2.05, 4.69) is 0 Å². The van der Waals surface area contributed by atoms with Gasteiger partial charge in [-0.15, -0.1) is 0 Å². The van der Waals surface area contributed by atoms with Crippen LogP contribution in [0.15, 0.2) is 54.6 Å². The van der Waals surface area contributed by atoms with Crippen molar-refractivity contribution in [3.8, 4) is 5.75 Å². The molecule has 7 nitrogen and oxygen atoms in total. The van der Waals surface area contributed by atoms with E-state index in [1.165, 1.54) is 43.3 Å². The number of aliphatic carboxylic acids is 1. The van der Waals surface area contributed by atoms with Crippen molar-refractivity contribution in [2.75, 3.05) is 0 Å². The minimum Gasteiger partial charge on any atom is -0.478 e. The second kappa shape index (κ2) is 7.19. The van der Waals surface area contributed by atoms with Gasteiger partial charge in [-0.05, 0) is 41.0 Å². The normalized spacial score (nSPS) is 11.0. The van der Waals surface area contributed by atoms with Gasteiger partial charge in [0.15, 0.2) is 0 Å². The highest BCUT2D eigenvalue weighted by molar-refractivity contribution is 5.95. The molecule has 0 unspecified atom stereocenters. The zero-order valence-electron chi connectivity index (χ0n) is 12.6. The lowest BCUT2D eigenvalue weighted by Gasteiger charge is -2.09. The van der Waals surface area contributed by atoms with E-state index in [4.69, 9.17) is 9.84 Å². The summed E-state index contributed by atoms with van der Waals surface area (Å²) in [5, 5.41) is 19.8. The number of ether oxygens (including phenoxy) is 1. The highest BCUT2D eigenvalue weighted by Crippen LogP contribution is 2.27. The molecule has 0 saturated heterocycles. The molecule has 2 aromatic carbocycles. The molecule has 7 heteroatoms. The van der Waals surface area contributed by atoms with Gasteiger partial charge in [0, 0.05) is 25.1 Å². The van der Waals surface area contributed by atoms with Gasteiger partial charge >= 0.3 is 11.9 Å². The van der Waals surface area contributed by atoms with Crippen LogP contribution in [0, 0.1) is 10.1 Å². The Hall–Kier alpha value is -3.48. The van der Waals surface area contributed by atoms with Crippen LogP contribution < -0.4 is 4.74 Å². The number of carboxylic acids is 1. The summed E-state index contributed by atoms with van der Waals surface area (Å²) in [6.07, 6.45) is 1.02. The first-order chi connectivity index (χ1) is 11.4. The van der Waals surface area contributed by atoms with Gasteiger partial charge in [-0.25, -0.2) is 4.79 Å². The van der Waals surface area contributed by atoms with Crippen LogP contribution in [0.4, 0.5) is 5.69 Å². The topological polar surface area (TPSA) is 107 Å². The quantitative estimate of drug-likeness (QED) is 0.297. The lowest BCUT2D eigenvalue weighted by Crippen LogP contribution is -2.01. The first-order valence-corrected chi connectivity index (χ1v) is 6.85. The smallest absolute Gasteiger partial charge is 0.328 e. The summed E-state index contributed by atoms with van der Waals surface area (Å²) in [6.45, 7) is 1.28. The minimum atomic E-state index is -1.15. The highest BCUT2D eigenvalue weighted by atomic mass is 16.6. The molecule has 0 aliphatic rings. The molecule has 1 N–H and O–H groups in total. The van der Waals surface area contributed by atoms with Crippen molar-refractivity contribution in [3.05, 3.63) is 75.8 Å². The van der Waals surface area contributed by atoms with Crippen LogP contribution in [0.1, 0.15) is 18.1 Å². The summed E-state index contributed by atoms with van der Waals surface area (Å²) >= 11 is 0. The number of hydrogen-bond acceptors (Lipinski definition) is 5. The van der Waals surface area contributed by atoms with E-state index in [1.807, 2.05) is 0 Å². The van der Waals surface area contributed by atoms with E-state index in [1.54, 1.807) is 12.1 Å². The van der Waals surface area contributed by atoms with Gasteiger partial charge in [0.25, 0.3) is 5.69 Å². The number of nitro groups is 1. The Labute approximate surface area is 137 Å². The number of benzene rings is 2. The fraction of sp³-hybridized carbons (Fsp3) is 0.0588. The van der Waals surface area contributed by atoms with Crippen molar-refractivity contribution in [2.24, 2.45) is 0 Å². The van der Waals surface area contributed by atoms with E-state index >= 15 is 0 Å². The van der Waals surface area contributed by atoms with Gasteiger partial charge in [-0.3, -0.25) is 14.9 Å². The number of carboxylic acid groups (broad SMARTS) is 1. The first kappa shape index (κ1) is 16.9. The first-order valence-electron chi connectivity index (χ1n) is 6.85. The van der Waals surface area contributed by atoms with Crippen LogP contribution in [-0.2, 0) is 9.59 Å². The largest absolute Gasteiger partial charge is 0.478 e.